The second-order valence-electron chi connectivity index (χ2n) is 7.79. The van der Waals surface area contributed by atoms with Crippen LogP contribution in [0, 0.1) is 5.92 Å². The van der Waals surface area contributed by atoms with Crippen LogP contribution in [0.4, 0.5) is 0 Å². The normalized spacial score (nSPS) is 19.7. The summed E-state index contributed by atoms with van der Waals surface area (Å²) < 4.78 is 7.20. The Morgan fingerprint density at radius 1 is 1.21 bits per heavy atom. The molecular weight excluding hydrogens is 354 g/mol. The van der Waals surface area contributed by atoms with Crippen molar-refractivity contribution in [2.75, 3.05) is 13.1 Å². The van der Waals surface area contributed by atoms with Gasteiger partial charge >= 0.3 is 0 Å². The summed E-state index contributed by atoms with van der Waals surface area (Å²) in [6.07, 6.45) is 8.77. The van der Waals surface area contributed by atoms with Crippen molar-refractivity contribution in [2.45, 2.75) is 38.0 Å². The van der Waals surface area contributed by atoms with Gasteiger partial charge in [0.05, 0.1) is 5.69 Å². The molecular formula is C21H23N5O2. The molecule has 0 bridgehead atoms. The molecule has 144 valence electrons. The molecule has 1 aliphatic heterocycles. The maximum absolute atomic E-state index is 13.1. The zero-order valence-electron chi connectivity index (χ0n) is 15.7. The molecule has 3 heterocycles. The Kier molecular flexibility index (Phi) is 4.43. The summed E-state index contributed by atoms with van der Waals surface area (Å²) in [5.41, 5.74) is 1.59. The Morgan fingerprint density at radius 3 is 2.96 bits per heavy atom. The van der Waals surface area contributed by atoms with Gasteiger partial charge in [0.2, 0.25) is 5.89 Å². The standard InChI is InChI=1S/C21H23N5O2/c27-21(17-5-1-6-18(13-17)26-11-3-9-22-26)25-10-2-4-15(14-25)12-19-23-20(24-28-19)16-7-8-16/h1,3,5-6,9,11,13,15-16H,2,4,7-8,10,12,14H2/t15-/m0/s1. The first kappa shape index (κ1) is 17.2. The largest absolute Gasteiger partial charge is 0.339 e. The van der Waals surface area contributed by atoms with E-state index in [-0.39, 0.29) is 5.91 Å². The first-order valence-electron chi connectivity index (χ1n) is 9.98. The van der Waals surface area contributed by atoms with E-state index in [1.165, 1.54) is 12.8 Å². The minimum absolute atomic E-state index is 0.0721. The molecule has 1 saturated carbocycles. The lowest BCUT2D eigenvalue weighted by molar-refractivity contribution is 0.0668. The van der Waals surface area contributed by atoms with Crippen molar-refractivity contribution >= 4 is 5.91 Å². The van der Waals surface area contributed by atoms with Crippen molar-refractivity contribution in [1.82, 2.24) is 24.8 Å². The predicted octanol–water partition coefficient (Wildman–Crippen LogP) is 3.23. The van der Waals surface area contributed by atoms with E-state index in [1.54, 1.807) is 10.9 Å². The SMILES string of the molecule is O=C(c1cccc(-n2cccn2)c1)N1CCC[C@@H](Cc2nc(C3CC3)no2)C1. The van der Waals surface area contributed by atoms with Crippen LogP contribution in [-0.2, 0) is 6.42 Å². The fraction of sp³-hybridized carbons (Fsp3) is 0.429. The number of carbonyl (C=O) groups excluding carboxylic acids is 1. The molecule has 7 nitrogen and oxygen atoms in total. The van der Waals surface area contributed by atoms with Gasteiger partial charge < -0.3 is 9.42 Å². The Morgan fingerprint density at radius 2 is 2.14 bits per heavy atom. The average Bonchev–Trinajstić information content (AvgIpc) is 3.23. The molecule has 0 unspecified atom stereocenters. The number of aromatic nitrogens is 4. The number of amides is 1. The van der Waals surface area contributed by atoms with Gasteiger partial charge in [-0.3, -0.25) is 4.79 Å². The van der Waals surface area contributed by atoms with Crippen molar-refractivity contribution in [1.29, 1.82) is 0 Å². The number of rotatable bonds is 5. The fourth-order valence-corrected chi connectivity index (χ4v) is 3.91. The highest BCUT2D eigenvalue weighted by atomic mass is 16.5. The molecule has 0 radical (unpaired) electrons. The van der Waals surface area contributed by atoms with E-state index in [0.717, 1.165) is 43.9 Å². The zero-order chi connectivity index (χ0) is 18.9. The molecule has 5 rings (SSSR count). The van der Waals surface area contributed by atoms with Gasteiger partial charge in [0, 0.05) is 43.4 Å². The molecule has 2 fully saturated rings. The van der Waals surface area contributed by atoms with E-state index in [4.69, 9.17) is 4.52 Å². The number of piperidine rings is 1. The summed E-state index contributed by atoms with van der Waals surface area (Å²) in [7, 11) is 0. The first-order valence-corrected chi connectivity index (χ1v) is 9.98. The van der Waals surface area contributed by atoms with Crippen molar-refractivity contribution in [2.24, 2.45) is 5.92 Å². The van der Waals surface area contributed by atoms with E-state index >= 15 is 0 Å². The fourth-order valence-electron chi connectivity index (χ4n) is 3.91. The second kappa shape index (κ2) is 7.22. The van der Waals surface area contributed by atoms with Crippen LogP contribution in [0.25, 0.3) is 5.69 Å². The lowest BCUT2D eigenvalue weighted by Crippen LogP contribution is -2.40. The Balaban J connectivity index is 1.26. The smallest absolute Gasteiger partial charge is 0.253 e. The third kappa shape index (κ3) is 3.56. The molecule has 1 aliphatic carbocycles. The zero-order valence-corrected chi connectivity index (χ0v) is 15.7. The summed E-state index contributed by atoms with van der Waals surface area (Å²) >= 11 is 0. The minimum atomic E-state index is 0.0721. The maximum atomic E-state index is 13.1. The molecule has 2 aromatic heterocycles. The van der Waals surface area contributed by atoms with Crippen LogP contribution < -0.4 is 0 Å². The summed E-state index contributed by atoms with van der Waals surface area (Å²) in [6.45, 7) is 1.52. The molecule has 1 atom stereocenters. The second-order valence-corrected chi connectivity index (χ2v) is 7.79. The third-order valence-corrected chi connectivity index (χ3v) is 5.56. The van der Waals surface area contributed by atoms with Crippen LogP contribution in [0.15, 0.2) is 47.2 Å². The Hall–Kier alpha value is -2.96. The van der Waals surface area contributed by atoms with Crippen molar-refractivity contribution in [3.05, 3.63) is 60.0 Å². The Labute approximate surface area is 163 Å². The van der Waals surface area contributed by atoms with Crippen molar-refractivity contribution in [3.63, 3.8) is 0 Å². The number of hydrogen-bond donors (Lipinski definition) is 0. The van der Waals surface area contributed by atoms with E-state index in [9.17, 15) is 4.79 Å². The summed E-state index contributed by atoms with van der Waals surface area (Å²) in [5, 5.41) is 8.35. The first-order chi connectivity index (χ1) is 13.8. The lowest BCUT2D eigenvalue weighted by Gasteiger charge is -2.32. The van der Waals surface area contributed by atoms with E-state index < -0.39 is 0 Å². The minimum Gasteiger partial charge on any atom is -0.339 e. The highest BCUT2D eigenvalue weighted by molar-refractivity contribution is 5.94. The molecule has 28 heavy (non-hydrogen) atoms. The predicted molar refractivity (Wildman–Crippen MR) is 102 cm³/mol. The van der Waals surface area contributed by atoms with Gasteiger partial charge in [-0.1, -0.05) is 11.2 Å². The van der Waals surface area contributed by atoms with Crippen LogP contribution in [-0.4, -0.2) is 43.8 Å². The van der Waals surface area contributed by atoms with Crippen LogP contribution in [0.3, 0.4) is 0 Å². The van der Waals surface area contributed by atoms with Crippen LogP contribution in [0.1, 0.15) is 53.7 Å². The van der Waals surface area contributed by atoms with Crippen LogP contribution in [0.2, 0.25) is 0 Å². The van der Waals surface area contributed by atoms with Gasteiger partial charge in [-0.15, -0.1) is 0 Å². The van der Waals surface area contributed by atoms with Gasteiger partial charge in [0.1, 0.15) is 0 Å². The van der Waals surface area contributed by atoms with Crippen LogP contribution in [0.5, 0.6) is 0 Å². The van der Waals surface area contributed by atoms with Crippen molar-refractivity contribution in [3.8, 4) is 5.69 Å². The lowest BCUT2D eigenvalue weighted by atomic mass is 9.94. The number of nitrogens with zero attached hydrogens (tertiary/aromatic N) is 5. The molecule has 1 saturated heterocycles. The molecule has 0 N–H and O–H groups in total. The number of carbonyl (C=O) groups is 1. The molecule has 7 heteroatoms. The molecule has 1 aromatic carbocycles. The highest BCUT2D eigenvalue weighted by Gasteiger charge is 2.30. The van der Waals surface area contributed by atoms with E-state index in [2.05, 4.69) is 15.2 Å². The third-order valence-electron chi connectivity index (χ3n) is 5.56. The quantitative estimate of drug-likeness (QED) is 0.682. The molecule has 3 aromatic rings. The maximum Gasteiger partial charge on any atom is 0.253 e. The van der Waals surface area contributed by atoms with E-state index in [1.807, 2.05) is 41.4 Å². The number of hydrogen-bond acceptors (Lipinski definition) is 5. The highest BCUT2D eigenvalue weighted by Crippen LogP contribution is 2.38. The number of benzene rings is 1. The van der Waals surface area contributed by atoms with Crippen LogP contribution >= 0.6 is 0 Å². The van der Waals surface area contributed by atoms with Gasteiger partial charge in [0.25, 0.3) is 5.91 Å². The molecule has 2 aliphatic rings. The summed E-state index contributed by atoms with van der Waals surface area (Å²) in [5.74, 6) is 2.50. The van der Waals surface area contributed by atoms with E-state index in [0.29, 0.717) is 23.3 Å². The van der Waals surface area contributed by atoms with Gasteiger partial charge in [-0.25, -0.2) is 4.68 Å². The summed E-state index contributed by atoms with van der Waals surface area (Å²) in [4.78, 5) is 19.6. The monoisotopic (exact) mass is 377 g/mol. The molecule has 1 amide bonds. The molecule has 0 spiro atoms. The van der Waals surface area contributed by atoms with Gasteiger partial charge in [0.15, 0.2) is 5.82 Å². The van der Waals surface area contributed by atoms with Gasteiger partial charge in [-0.05, 0) is 55.9 Å². The topological polar surface area (TPSA) is 77.1 Å². The van der Waals surface area contributed by atoms with Gasteiger partial charge in [-0.2, -0.15) is 10.1 Å². The summed E-state index contributed by atoms with van der Waals surface area (Å²) in [6, 6.07) is 9.51. The average molecular weight is 377 g/mol. The van der Waals surface area contributed by atoms with Crippen molar-refractivity contribution < 1.29 is 9.32 Å². The Bertz CT molecular complexity index is 961. The number of likely N-dealkylation sites (tertiary alicyclic amines) is 1.